The summed E-state index contributed by atoms with van der Waals surface area (Å²) in [5.41, 5.74) is 0.909. The van der Waals surface area contributed by atoms with Crippen LogP contribution in [0.4, 0.5) is 4.39 Å². The van der Waals surface area contributed by atoms with Crippen molar-refractivity contribution in [3.63, 3.8) is 0 Å². The van der Waals surface area contributed by atoms with Gasteiger partial charge in [-0.25, -0.2) is 4.39 Å². The molecule has 0 radical (unpaired) electrons. The quantitative estimate of drug-likeness (QED) is 0.833. The van der Waals surface area contributed by atoms with Gasteiger partial charge in [0.25, 0.3) is 0 Å². The van der Waals surface area contributed by atoms with Crippen molar-refractivity contribution in [1.82, 2.24) is 5.32 Å². The van der Waals surface area contributed by atoms with Crippen molar-refractivity contribution < 1.29 is 4.39 Å². The number of halogens is 1. The van der Waals surface area contributed by atoms with Gasteiger partial charge >= 0.3 is 0 Å². The smallest absolute Gasteiger partial charge is 0.126 e. The van der Waals surface area contributed by atoms with E-state index in [0.29, 0.717) is 23.8 Å². The van der Waals surface area contributed by atoms with E-state index in [1.165, 1.54) is 0 Å². The molecular formula is C16H24FN. The van der Waals surface area contributed by atoms with E-state index in [-0.39, 0.29) is 5.82 Å². The first-order chi connectivity index (χ1) is 8.70. The number of benzene rings is 1. The monoisotopic (exact) mass is 249 g/mol. The van der Waals surface area contributed by atoms with Gasteiger partial charge in [0.05, 0.1) is 0 Å². The summed E-state index contributed by atoms with van der Waals surface area (Å²) < 4.78 is 13.9. The summed E-state index contributed by atoms with van der Waals surface area (Å²) in [6, 6.07) is 7.82. The minimum atomic E-state index is -0.0401. The lowest BCUT2D eigenvalue weighted by Crippen LogP contribution is -2.56. The molecule has 0 saturated heterocycles. The van der Waals surface area contributed by atoms with Crippen LogP contribution in [0, 0.1) is 17.7 Å². The van der Waals surface area contributed by atoms with Crippen molar-refractivity contribution in [1.29, 1.82) is 0 Å². The summed E-state index contributed by atoms with van der Waals surface area (Å²) >= 11 is 0. The molecule has 0 aromatic heterocycles. The van der Waals surface area contributed by atoms with E-state index < -0.39 is 0 Å². The van der Waals surface area contributed by atoms with E-state index >= 15 is 0 Å². The summed E-state index contributed by atoms with van der Waals surface area (Å²) in [5, 5.41) is 3.62. The molecule has 0 amide bonds. The Morgan fingerprint density at radius 2 is 1.94 bits per heavy atom. The molecule has 18 heavy (non-hydrogen) atoms. The highest BCUT2D eigenvalue weighted by Crippen LogP contribution is 2.49. The summed E-state index contributed by atoms with van der Waals surface area (Å²) in [6.07, 6.45) is 2.27. The second-order valence-corrected chi connectivity index (χ2v) is 5.46. The van der Waals surface area contributed by atoms with Crippen LogP contribution in [-0.2, 0) is 0 Å². The van der Waals surface area contributed by atoms with Crippen molar-refractivity contribution in [2.24, 2.45) is 11.8 Å². The van der Waals surface area contributed by atoms with Gasteiger partial charge in [0, 0.05) is 6.04 Å². The van der Waals surface area contributed by atoms with E-state index in [1.807, 2.05) is 12.1 Å². The highest BCUT2D eigenvalue weighted by Gasteiger charge is 2.47. The van der Waals surface area contributed by atoms with Crippen molar-refractivity contribution >= 4 is 0 Å². The van der Waals surface area contributed by atoms with Gasteiger partial charge in [0.15, 0.2) is 0 Å². The zero-order valence-corrected chi connectivity index (χ0v) is 11.6. The first-order valence-corrected chi connectivity index (χ1v) is 7.18. The fourth-order valence-electron chi connectivity index (χ4n) is 3.50. The zero-order chi connectivity index (χ0) is 13.1. The molecule has 1 aromatic carbocycles. The first-order valence-electron chi connectivity index (χ1n) is 7.18. The molecule has 1 aromatic rings. The average Bonchev–Trinajstić information content (AvgIpc) is 2.38. The number of rotatable bonds is 5. The molecule has 0 aliphatic heterocycles. The Hall–Kier alpha value is -0.890. The molecule has 4 atom stereocenters. The van der Waals surface area contributed by atoms with Gasteiger partial charge in [0.1, 0.15) is 5.82 Å². The largest absolute Gasteiger partial charge is 0.313 e. The third kappa shape index (κ3) is 2.31. The SMILES string of the molecule is CCCNC1C(C)C(c2ccccc2F)C1CC. The van der Waals surface area contributed by atoms with E-state index in [9.17, 15) is 4.39 Å². The predicted molar refractivity (Wildman–Crippen MR) is 74.2 cm³/mol. The molecule has 0 spiro atoms. The molecule has 100 valence electrons. The van der Waals surface area contributed by atoms with Crippen molar-refractivity contribution in [3.05, 3.63) is 35.6 Å². The van der Waals surface area contributed by atoms with Crippen LogP contribution in [0.25, 0.3) is 0 Å². The lowest BCUT2D eigenvalue weighted by molar-refractivity contribution is 0.0763. The molecule has 4 unspecified atom stereocenters. The highest BCUT2D eigenvalue weighted by molar-refractivity contribution is 5.28. The molecular weight excluding hydrogens is 225 g/mol. The Kier molecular flexibility index (Phi) is 4.39. The molecule has 1 aliphatic rings. The van der Waals surface area contributed by atoms with Crippen LogP contribution in [0.5, 0.6) is 0 Å². The third-order valence-corrected chi connectivity index (χ3v) is 4.42. The molecule has 1 aliphatic carbocycles. The summed E-state index contributed by atoms with van der Waals surface area (Å²) in [4.78, 5) is 0. The standard InChI is InChI=1S/C16H24FN/c1-4-10-18-16-11(3)15(12(16)5-2)13-8-6-7-9-14(13)17/h6-9,11-12,15-16,18H,4-5,10H2,1-3H3. The van der Waals surface area contributed by atoms with Gasteiger partial charge in [-0.2, -0.15) is 0 Å². The molecule has 0 bridgehead atoms. The number of nitrogens with one attached hydrogen (secondary N) is 1. The van der Waals surface area contributed by atoms with Gasteiger partial charge in [-0.1, -0.05) is 45.4 Å². The average molecular weight is 249 g/mol. The Balaban J connectivity index is 2.13. The Morgan fingerprint density at radius 3 is 2.56 bits per heavy atom. The van der Waals surface area contributed by atoms with Gasteiger partial charge in [-0.3, -0.25) is 0 Å². The molecule has 0 heterocycles. The molecule has 2 rings (SSSR count). The van der Waals surface area contributed by atoms with E-state index in [1.54, 1.807) is 12.1 Å². The summed E-state index contributed by atoms with van der Waals surface area (Å²) in [5.74, 6) is 1.44. The van der Waals surface area contributed by atoms with Crippen molar-refractivity contribution in [3.8, 4) is 0 Å². The Morgan fingerprint density at radius 1 is 1.22 bits per heavy atom. The number of hydrogen-bond donors (Lipinski definition) is 1. The summed E-state index contributed by atoms with van der Waals surface area (Å²) in [7, 11) is 0. The highest BCUT2D eigenvalue weighted by atomic mass is 19.1. The second kappa shape index (κ2) is 5.83. The lowest BCUT2D eigenvalue weighted by atomic mass is 9.58. The van der Waals surface area contributed by atoms with E-state index in [2.05, 4.69) is 26.1 Å². The number of hydrogen-bond acceptors (Lipinski definition) is 1. The summed E-state index contributed by atoms with van der Waals surface area (Å²) in [6.45, 7) is 7.71. The van der Waals surface area contributed by atoms with Crippen LogP contribution in [0.1, 0.15) is 45.1 Å². The molecule has 1 saturated carbocycles. The Labute approximate surface area is 110 Å². The van der Waals surface area contributed by atoms with Gasteiger partial charge in [-0.15, -0.1) is 0 Å². The molecule has 1 fully saturated rings. The second-order valence-electron chi connectivity index (χ2n) is 5.46. The van der Waals surface area contributed by atoms with Crippen LogP contribution in [0.3, 0.4) is 0 Å². The van der Waals surface area contributed by atoms with E-state index in [0.717, 1.165) is 24.9 Å². The Bertz CT molecular complexity index is 390. The minimum Gasteiger partial charge on any atom is -0.313 e. The fourth-order valence-corrected chi connectivity index (χ4v) is 3.50. The maximum Gasteiger partial charge on any atom is 0.126 e. The maximum atomic E-state index is 13.9. The van der Waals surface area contributed by atoms with E-state index in [4.69, 9.17) is 0 Å². The van der Waals surface area contributed by atoms with Gasteiger partial charge in [-0.05, 0) is 42.3 Å². The molecule has 1 N–H and O–H groups in total. The first kappa shape index (κ1) is 13.5. The lowest BCUT2D eigenvalue weighted by Gasteiger charge is -2.51. The van der Waals surface area contributed by atoms with Gasteiger partial charge < -0.3 is 5.32 Å². The topological polar surface area (TPSA) is 12.0 Å². The van der Waals surface area contributed by atoms with Crippen LogP contribution in [0.15, 0.2) is 24.3 Å². The van der Waals surface area contributed by atoms with Gasteiger partial charge in [0.2, 0.25) is 0 Å². The van der Waals surface area contributed by atoms with Crippen molar-refractivity contribution in [2.75, 3.05) is 6.54 Å². The van der Waals surface area contributed by atoms with Crippen LogP contribution in [0.2, 0.25) is 0 Å². The normalized spacial score (nSPS) is 31.1. The maximum absolute atomic E-state index is 13.9. The van der Waals surface area contributed by atoms with Crippen LogP contribution < -0.4 is 5.32 Å². The third-order valence-electron chi connectivity index (χ3n) is 4.42. The molecule has 2 heteroatoms. The zero-order valence-electron chi connectivity index (χ0n) is 11.6. The van der Waals surface area contributed by atoms with Crippen LogP contribution in [-0.4, -0.2) is 12.6 Å². The minimum absolute atomic E-state index is 0.0401. The van der Waals surface area contributed by atoms with Crippen molar-refractivity contribution in [2.45, 2.75) is 45.6 Å². The fraction of sp³-hybridized carbons (Fsp3) is 0.625. The molecule has 1 nitrogen and oxygen atoms in total. The van der Waals surface area contributed by atoms with Crippen LogP contribution >= 0.6 is 0 Å². The predicted octanol–water partition coefficient (Wildman–Crippen LogP) is 3.95.